The predicted molar refractivity (Wildman–Crippen MR) is 114 cm³/mol. The van der Waals surface area contributed by atoms with Crippen molar-refractivity contribution < 1.29 is 14.4 Å². The van der Waals surface area contributed by atoms with Crippen molar-refractivity contribution in [2.75, 3.05) is 31.1 Å². The van der Waals surface area contributed by atoms with Gasteiger partial charge >= 0.3 is 17.6 Å². The number of non-ortho nitro benzene ring substituents is 1. The molecule has 10 heteroatoms. The molecule has 2 aromatic rings. The first-order valence-electron chi connectivity index (χ1n) is 9.87. The number of benzene rings is 2. The summed E-state index contributed by atoms with van der Waals surface area (Å²) in [5, 5.41) is 33.4. The third kappa shape index (κ3) is 3.49. The number of hydrogen-bond donors (Lipinski definition) is 0. The summed E-state index contributed by atoms with van der Waals surface area (Å²) < 4.78 is 1.33. The average molecular weight is 421 g/mol. The lowest BCUT2D eigenvalue weighted by atomic mass is 10.0. The lowest BCUT2D eigenvalue weighted by Gasteiger charge is -2.36. The van der Waals surface area contributed by atoms with Crippen molar-refractivity contribution in [3.8, 4) is 6.07 Å². The van der Waals surface area contributed by atoms with Gasteiger partial charge in [-0.2, -0.15) is 5.26 Å². The molecule has 1 atom stereocenters. The quantitative estimate of drug-likeness (QED) is 0.323. The Hall–Kier alpha value is -3.84. The molecule has 0 bridgehead atoms. The van der Waals surface area contributed by atoms with E-state index in [4.69, 9.17) is 0 Å². The minimum atomic E-state index is -0.990. The van der Waals surface area contributed by atoms with Crippen LogP contribution in [-0.4, -0.2) is 57.4 Å². The summed E-state index contributed by atoms with van der Waals surface area (Å²) in [6, 6.07) is 11.6. The largest absolute Gasteiger partial charge is 0.617 e. The molecule has 1 fully saturated rings. The van der Waals surface area contributed by atoms with Gasteiger partial charge in [0.2, 0.25) is 0 Å². The van der Waals surface area contributed by atoms with Gasteiger partial charge in [0, 0.05) is 61.0 Å². The van der Waals surface area contributed by atoms with Crippen molar-refractivity contribution in [3.63, 3.8) is 0 Å². The molecule has 2 heterocycles. The molecule has 0 spiro atoms. The number of hydrogen-bond acceptors (Lipinski definition) is 7. The van der Waals surface area contributed by atoms with Crippen LogP contribution in [0.3, 0.4) is 0 Å². The van der Waals surface area contributed by atoms with Gasteiger partial charge in [0.25, 0.3) is 11.4 Å². The van der Waals surface area contributed by atoms with Crippen molar-refractivity contribution in [3.05, 3.63) is 67.8 Å². The van der Waals surface area contributed by atoms with Gasteiger partial charge in [-0.15, -0.1) is 4.74 Å². The maximum absolute atomic E-state index is 13.2. The summed E-state index contributed by atoms with van der Waals surface area (Å²) in [5.41, 5.74) is 2.96. The average Bonchev–Trinajstić information content (AvgIpc) is 2.77. The van der Waals surface area contributed by atoms with Gasteiger partial charge in [-0.1, -0.05) is 0 Å². The van der Waals surface area contributed by atoms with Crippen LogP contribution in [0.15, 0.2) is 36.4 Å². The summed E-state index contributed by atoms with van der Waals surface area (Å²) in [4.78, 5) is 27.5. The number of fused-ring (bicyclic) bond motifs is 1. The summed E-state index contributed by atoms with van der Waals surface area (Å²) >= 11 is 0. The van der Waals surface area contributed by atoms with Crippen LogP contribution in [0.1, 0.15) is 11.1 Å². The number of nitrogens with zero attached hydrogens (tertiary/aromatic N) is 6. The van der Waals surface area contributed by atoms with Gasteiger partial charge in [0.15, 0.2) is 6.07 Å². The molecule has 158 valence electrons. The molecule has 0 aliphatic carbocycles. The summed E-state index contributed by atoms with van der Waals surface area (Å²) in [6.07, 6.45) is -0.990. The number of nitro benzene ring substituents is 1. The molecule has 1 unspecified atom stereocenters. The first-order chi connectivity index (χ1) is 14.8. The molecule has 0 radical (unpaired) electrons. The third-order valence-electron chi connectivity index (χ3n) is 5.93. The maximum Gasteiger partial charge on any atom is 0.361 e. The molecule has 0 aromatic heterocycles. The topological polar surface area (TPSA) is 120 Å². The number of nitriles is 1. The SMILES string of the molecule is Cc1cc2c(cc1C)[N+]([O-])=C(C#N)C(N1CCN(c3ccc([N+](=O)[O-])cc3)CC1)[N+]2=O. The second-order valence-electron chi connectivity index (χ2n) is 7.71. The van der Waals surface area contributed by atoms with Crippen LogP contribution in [0.5, 0.6) is 0 Å². The molecule has 0 amide bonds. The highest BCUT2D eigenvalue weighted by atomic mass is 16.6. The molecule has 4 rings (SSSR count). The van der Waals surface area contributed by atoms with Gasteiger partial charge < -0.3 is 10.1 Å². The Labute approximate surface area is 178 Å². The Kier molecular flexibility index (Phi) is 5.12. The van der Waals surface area contributed by atoms with Crippen LogP contribution in [0.2, 0.25) is 0 Å². The summed E-state index contributed by atoms with van der Waals surface area (Å²) in [7, 11) is 0. The van der Waals surface area contributed by atoms with E-state index in [-0.39, 0.29) is 22.8 Å². The lowest BCUT2D eigenvalue weighted by molar-refractivity contribution is -0.544. The van der Waals surface area contributed by atoms with Crippen molar-refractivity contribution >= 4 is 28.5 Å². The Morgan fingerprint density at radius 1 is 1.06 bits per heavy atom. The van der Waals surface area contributed by atoms with Gasteiger partial charge in [-0.05, 0) is 37.1 Å². The van der Waals surface area contributed by atoms with Crippen LogP contribution in [0.25, 0.3) is 0 Å². The fourth-order valence-electron chi connectivity index (χ4n) is 4.04. The Balaban J connectivity index is 1.57. The fraction of sp³-hybridized carbons (Fsp3) is 0.333. The number of piperazine rings is 1. The van der Waals surface area contributed by atoms with Crippen molar-refractivity contribution in [1.82, 2.24) is 4.90 Å². The highest BCUT2D eigenvalue weighted by Crippen LogP contribution is 2.36. The zero-order chi connectivity index (χ0) is 22.3. The molecule has 1 saturated heterocycles. The Bertz CT molecular complexity index is 1140. The van der Waals surface area contributed by atoms with Crippen LogP contribution >= 0.6 is 0 Å². The van der Waals surface area contributed by atoms with Crippen molar-refractivity contribution in [1.29, 1.82) is 5.26 Å². The molecule has 31 heavy (non-hydrogen) atoms. The monoisotopic (exact) mass is 421 g/mol. The van der Waals surface area contributed by atoms with Crippen LogP contribution in [0.4, 0.5) is 22.7 Å². The highest BCUT2D eigenvalue weighted by molar-refractivity contribution is 5.99. The van der Waals surface area contributed by atoms with E-state index in [1.807, 2.05) is 24.8 Å². The van der Waals surface area contributed by atoms with Crippen molar-refractivity contribution in [2.45, 2.75) is 20.0 Å². The van der Waals surface area contributed by atoms with E-state index in [2.05, 4.69) is 4.90 Å². The first-order valence-corrected chi connectivity index (χ1v) is 9.87. The van der Waals surface area contributed by atoms with E-state index < -0.39 is 11.1 Å². The second kappa shape index (κ2) is 7.77. The van der Waals surface area contributed by atoms with E-state index in [0.29, 0.717) is 30.9 Å². The summed E-state index contributed by atoms with van der Waals surface area (Å²) in [5.74, 6) is 0. The number of aryl methyl sites for hydroxylation is 2. The van der Waals surface area contributed by atoms with Gasteiger partial charge in [-0.25, -0.2) is 4.90 Å². The van der Waals surface area contributed by atoms with Gasteiger partial charge in [0.1, 0.15) is 0 Å². The highest BCUT2D eigenvalue weighted by Gasteiger charge is 2.51. The fourth-order valence-corrected chi connectivity index (χ4v) is 4.04. The molecule has 2 aromatic carbocycles. The van der Waals surface area contributed by atoms with E-state index >= 15 is 0 Å². The van der Waals surface area contributed by atoms with Gasteiger partial charge in [-0.3, -0.25) is 10.1 Å². The first kappa shape index (κ1) is 20.4. The van der Waals surface area contributed by atoms with Crippen LogP contribution < -0.4 is 4.90 Å². The normalized spacial score (nSPS) is 19.2. The minimum absolute atomic E-state index is 0.0274. The number of rotatable bonds is 3. The molecule has 10 nitrogen and oxygen atoms in total. The van der Waals surface area contributed by atoms with Gasteiger partial charge in [0.05, 0.1) is 9.68 Å². The van der Waals surface area contributed by atoms with Crippen LogP contribution in [-0.2, 0) is 0 Å². The number of nitroso groups, excluding NO2 is 1. The Morgan fingerprint density at radius 3 is 2.19 bits per heavy atom. The Morgan fingerprint density at radius 2 is 1.65 bits per heavy atom. The molecular formula is C21H21N6O4+. The second-order valence-corrected chi connectivity index (χ2v) is 7.71. The zero-order valence-electron chi connectivity index (χ0n) is 17.2. The van der Waals surface area contributed by atoms with Crippen LogP contribution in [0, 0.1) is 45.4 Å². The maximum atomic E-state index is 13.2. The molecule has 0 N–H and O–H groups in total. The smallest absolute Gasteiger partial charge is 0.361 e. The number of anilines is 1. The minimum Gasteiger partial charge on any atom is -0.617 e. The number of nitro groups is 1. The molecular weight excluding hydrogens is 400 g/mol. The summed E-state index contributed by atoms with van der Waals surface area (Å²) in [6.45, 7) is 5.76. The third-order valence-corrected chi connectivity index (χ3v) is 5.93. The molecule has 2 aliphatic heterocycles. The lowest BCUT2D eigenvalue weighted by Crippen LogP contribution is -2.57. The van der Waals surface area contributed by atoms with Crippen molar-refractivity contribution in [2.24, 2.45) is 0 Å². The standard InChI is InChI=1S/C21H21N6O4/c1-14-11-18-19(12-15(14)2)26(29)21(20(13-22)25(18)28)24-9-7-23(8-10-24)16-3-5-17(6-4-16)27(30)31/h3-6,11-12,21H,7-10H2,1-2H3/q+1. The van der Waals surface area contributed by atoms with E-state index in [1.165, 1.54) is 12.1 Å². The molecule has 0 saturated carbocycles. The van der Waals surface area contributed by atoms with E-state index in [0.717, 1.165) is 21.6 Å². The van der Waals surface area contributed by atoms with E-state index in [1.54, 1.807) is 24.3 Å². The zero-order valence-corrected chi connectivity index (χ0v) is 17.2. The van der Waals surface area contributed by atoms with E-state index in [9.17, 15) is 25.5 Å². The predicted octanol–water partition coefficient (Wildman–Crippen LogP) is 2.89. The molecule has 2 aliphatic rings.